The van der Waals surface area contributed by atoms with Crippen LogP contribution in [0.1, 0.15) is 59.3 Å². The number of aryl methyl sites for hydroxylation is 1. The van der Waals surface area contributed by atoms with Crippen molar-refractivity contribution in [3.63, 3.8) is 0 Å². The minimum absolute atomic E-state index is 0.180. The number of aliphatic hydroxyl groups is 2. The molecular formula is C27H26FN3O5. The highest BCUT2D eigenvalue weighted by Gasteiger charge is 2.45. The second kappa shape index (κ2) is 7.21. The molecular weight excluding hydrogens is 465 g/mol. The van der Waals surface area contributed by atoms with Crippen LogP contribution in [0.5, 0.6) is 0 Å². The molecule has 3 atom stereocenters. The van der Waals surface area contributed by atoms with Crippen molar-refractivity contribution in [3.05, 3.63) is 61.7 Å². The van der Waals surface area contributed by atoms with Crippen molar-refractivity contribution in [2.45, 2.75) is 64.0 Å². The number of β-amino-alcohol motifs (C(OH)–C–C–N with tert-alkyl or cyclic N) is 1. The van der Waals surface area contributed by atoms with E-state index in [1.54, 1.807) is 17.6 Å². The summed E-state index contributed by atoms with van der Waals surface area (Å²) in [4.78, 5) is 32.7. The Balaban J connectivity index is 1.55. The molecule has 9 heteroatoms. The third-order valence-electron chi connectivity index (χ3n) is 8.83. The van der Waals surface area contributed by atoms with Crippen LogP contribution in [0.3, 0.4) is 0 Å². The number of halogens is 1. The van der Waals surface area contributed by atoms with Crippen LogP contribution < -0.4 is 5.56 Å². The summed E-state index contributed by atoms with van der Waals surface area (Å²) in [7, 11) is 0. The Morgan fingerprint density at radius 3 is 2.75 bits per heavy atom. The number of cyclic esters (lactones) is 1. The highest BCUT2D eigenvalue weighted by Crippen LogP contribution is 2.50. The number of nitrogens with zero attached hydrogens (tertiary/aromatic N) is 3. The van der Waals surface area contributed by atoms with Gasteiger partial charge in [-0.1, -0.05) is 0 Å². The third kappa shape index (κ3) is 2.70. The number of pyridine rings is 2. The Morgan fingerprint density at radius 2 is 2.00 bits per heavy atom. The number of benzene rings is 1. The Bertz CT molecular complexity index is 1580. The lowest BCUT2D eigenvalue weighted by Gasteiger charge is -2.44. The zero-order chi connectivity index (χ0) is 25.1. The summed E-state index contributed by atoms with van der Waals surface area (Å²) in [6.07, 6.45) is 0.224. The Hall–Kier alpha value is -3.14. The molecule has 3 unspecified atom stereocenters. The smallest absolute Gasteiger partial charge is 0.340 e. The highest BCUT2D eigenvalue weighted by atomic mass is 19.1. The first-order valence-corrected chi connectivity index (χ1v) is 12.4. The van der Waals surface area contributed by atoms with E-state index in [4.69, 9.17) is 9.72 Å². The molecule has 3 aromatic rings. The van der Waals surface area contributed by atoms with E-state index in [9.17, 15) is 19.8 Å². The van der Waals surface area contributed by atoms with Gasteiger partial charge in [0, 0.05) is 41.2 Å². The first-order valence-electron chi connectivity index (χ1n) is 12.4. The molecule has 5 heterocycles. The predicted molar refractivity (Wildman–Crippen MR) is 128 cm³/mol. The average molecular weight is 492 g/mol. The number of esters is 1. The zero-order valence-electron chi connectivity index (χ0n) is 20.1. The minimum atomic E-state index is -1.53. The fraction of sp³-hybridized carbons (Fsp3) is 0.444. The van der Waals surface area contributed by atoms with Crippen LogP contribution in [0.25, 0.3) is 22.3 Å². The van der Waals surface area contributed by atoms with Gasteiger partial charge >= 0.3 is 5.97 Å². The summed E-state index contributed by atoms with van der Waals surface area (Å²) >= 11 is 0. The molecule has 1 aliphatic carbocycles. The maximum absolute atomic E-state index is 15.0. The van der Waals surface area contributed by atoms with Gasteiger partial charge in [-0.3, -0.25) is 9.69 Å². The first-order chi connectivity index (χ1) is 17.2. The maximum atomic E-state index is 15.0. The van der Waals surface area contributed by atoms with Gasteiger partial charge in [-0.05, 0) is 55.9 Å². The van der Waals surface area contributed by atoms with Crippen molar-refractivity contribution in [2.75, 3.05) is 13.1 Å². The second-order valence-electron chi connectivity index (χ2n) is 10.7. The van der Waals surface area contributed by atoms with Crippen LogP contribution in [-0.2, 0) is 34.6 Å². The molecule has 8 nitrogen and oxygen atoms in total. The third-order valence-corrected chi connectivity index (χ3v) is 8.83. The Labute approximate surface area is 205 Å². The fourth-order valence-electron chi connectivity index (χ4n) is 6.84. The summed E-state index contributed by atoms with van der Waals surface area (Å²) in [5, 5.41) is 21.7. The molecule has 2 aromatic heterocycles. The monoisotopic (exact) mass is 491 g/mol. The molecule has 1 fully saturated rings. The molecule has 186 valence electrons. The second-order valence-corrected chi connectivity index (χ2v) is 10.7. The van der Waals surface area contributed by atoms with Gasteiger partial charge in [-0.15, -0.1) is 0 Å². The first kappa shape index (κ1) is 22.1. The zero-order valence-corrected chi connectivity index (χ0v) is 20.1. The van der Waals surface area contributed by atoms with E-state index >= 15 is 4.39 Å². The highest BCUT2D eigenvalue weighted by molar-refractivity contribution is 5.93. The molecule has 0 saturated carbocycles. The molecule has 0 radical (unpaired) electrons. The molecule has 7 rings (SSSR count). The molecule has 0 spiro atoms. The summed E-state index contributed by atoms with van der Waals surface area (Å²) < 4.78 is 21.6. The van der Waals surface area contributed by atoms with E-state index in [-0.39, 0.29) is 29.1 Å². The number of hydrogen-bond acceptors (Lipinski definition) is 7. The van der Waals surface area contributed by atoms with Gasteiger partial charge in [-0.25, -0.2) is 14.2 Å². The number of fused-ring (bicyclic) bond motifs is 5. The Morgan fingerprint density at radius 1 is 1.19 bits per heavy atom. The summed E-state index contributed by atoms with van der Waals surface area (Å²) in [6, 6.07) is 3.12. The maximum Gasteiger partial charge on any atom is 0.340 e. The van der Waals surface area contributed by atoms with Crippen molar-refractivity contribution >= 4 is 16.9 Å². The number of aliphatic hydroxyl groups excluding tert-OH is 2. The number of hydrogen-bond donors (Lipinski definition) is 2. The number of rotatable bonds is 1. The van der Waals surface area contributed by atoms with Crippen LogP contribution in [0, 0.1) is 12.7 Å². The average Bonchev–Trinajstić information content (AvgIpc) is 3.45. The molecule has 0 amide bonds. The van der Waals surface area contributed by atoms with Gasteiger partial charge in [0.05, 0.1) is 35.1 Å². The Kier molecular flexibility index (Phi) is 4.43. The van der Waals surface area contributed by atoms with Crippen molar-refractivity contribution in [1.29, 1.82) is 0 Å². The van der Waals surface area contributed by atoms with E-state index in [1.807, 2.05) is 0 Å². The number of carbonyl (C=O) groups is 1. The normalized spacial score (nSPS) is 26.6. The number of likely N-dealkylation sites (tertiary alicyclic amines) is 1. The predicted octanol–water partition coefficient (Wildman–Crippen LogP) is 2.19. The molecule has 0 bridgehead atoms. The van der Waals surface area contributed by atoms with Gasteiger partial charge < -0.3 is 19.5 Å². The topological polar surface area (TPSA) is 105 Å². The van der Waals surface area contributed by atoms with Crippen LogP contribution in [0.2, 0.25) is 0 Å². The van der Waals surface area contributed by atoms with Crippen molar-refractivity contribution in [1.82, 2.24) is 14.5 Å². The SMILES string of the molecule is Cc1c(F)cc2nc3c(c4c2c1CCC4(C)N1CCC(O)C1)Cn1c-3cc2c(c1=O)COC(=O)C2O. The largest absolute Gasteiger partial charge is 0.458 e. The van der Waals surface area contributed by atoms with E-state index in [1.165, 1.54) is 6.07 Å². The molecule has 3 aliphatic heterocycles. The van der Waals surface area contributed by atoms with Crippen LogP contribution >= 0.6 is 0 Å². The number of carbonyl (C=O) groups excluding carboxylic acids is 1. The van der Waals surface area contributed by atoms with E-state index < -0.39 is 23.7 Å². The van der Waals surface area contributed by atoms with Crippen molar-refractivity contribution < 1.29 is 24.1 Å². The number of ether oxygens (including phenoxy) is 1. The van der Waals surface area contributed by atoms with E-state index in [0.29, 0.717) is 48.4 Å². The van der Waals surface area contributed by atoms with Crippen LogP contribution in [-0.4, -0.2) is 49.8 Å². The van der Waals surface area contributed by atoms with Gasteiger partial charge in [0.1, 0.15) is 12.4 Å². The minimum Gasteiger partial charge on any atom is -0.458 e. The molecule has 1 aromatic carbocycles. The molecule has 2 N–H and O–H groups in total. The summed E-state index contributed by atoms with van der Waals surface area (Å²) in [5.41, 5.74) is 4.89. The van der Waals surface area contributed by atoms with Crippen LogP contribution in [0.15, 0.2) is 16.9 Å². The molecule has 1 saturated heterocycles. The lowest BCUT2D eigenvalue weighted by atomic mass is 9.73. The van der Waals surface area contributed by atoms with Gasteiger partial charge in [0.2, 0.25) is 0 Å². The van der Waals surface area contributed by atoms with Crippen molar-refractivity contribution in [3.8, 4) is 11.4 Å². The number of aromatic nitrogens is 2. The lowest BCUT2D eigenvalue weighted by Crippen LogP contribution is -2.45. The van der Waals surface area contributed by atoms with Gasteiger partial charge in [0.15, 0.2) is 6.10 Å². The van der Waals surface area contributed by atoms with Gasteiger partial charge in [0.25, 0.3) is 5.56 Å². The lowest BCUT2D eigenvalue weighted by molar-refractivity contribution is -0.157. The fourth-order valence-corrected chi connectivity index (χ4v) is 6.84. The van der Waals surface area contributed by atoms with Crippen molar-refractivity contribution in [2.24, 2.45) is 0 Å². The van der Waals surface area contributed by atoms with Crippen LogP contribution in [0.4, 0.5) is 4.39 Å². The van der Waals surface area contributed by atoms with E-state index in [2.05, 4.69) is 11.8 Å². The van der Waals surface area contributed by atoms with Gasteiger partial charge in [-0.2, -0.15) is 0 Å². The standard InChI is InChI=1S/C27H26FN3O5/c1-12-14-3-5-27(2,30-6-4-13(32)9-30)22-16-10-31-20(23(16)29-19(21(14)22)8-18(12)28)7-15-17(25(31)34)11-36-26(35)24(15)33/h7-8,13,24,32-33H,3-6,9-11H2,1-2H3. The molecule has 36 heavy (non-hydrogen) atoms. The quantitative estimate of drug-likeness (QED) is 0.394. The summed E-state index contributed by atoms with van der Waals surface area (Å²) in [6.45, 7) is 5.39. The molecule has 4 aliphatic rings. The van der Waals surface area contributed by atoms with E-state index in [0.717, 1.165) is 35.0 Å². The summed E-state index contributed by atoms with van der Waals surface area (Å²) in [5.74, 6) is -1.09.